The Morgan fingerprint density at radius 1 is 1.15 bits per heavy atom. The lowest BCUT2D eigenvalue weighted by Crippen LogP contribution is -2.24. The molecule has 0 spiro atoms. The van der Waals surface area contributed by atoms with Crippen molar-refractivity contribution in [2.75, 3.05) is 17.2 Å². The predicted molar refractivity (Wildman–Crippen MR) is 74.0 cm³/mol. The van der Waals surface area contributed by atoms with Crippen molar-refractivity contribution >= 4 is 11.6 Å². The fourth-order valence-electron chi connectivity index (χ4n) is 1.72. The van der Waals surface area contributed by atoms with Gasteiger partial charge in [0.25, 0.3) is 0 Å². The maximum Gasteiger partial charge on any atom is 0.391 e. The zero-order chi connectivity index (χ0) is 15.3. The molecular formula is C13H21F3N4. The van der Waals surface area contributed by atoms with Crippen molar-refractivity contribution in [1.29, 1.82) is 0 Å². The minimum Gasteiger partial charge on any atom is -0.370 e. The number of halogens is 3. The summed E-state index contributed by atoms with van der Waals surface area (Å²) in [7, 11) is 0. The molecule has 1 aromatic rings. The van der Waals surface area contributed by atoms with Gasteiger partial charge in [0.2, 0.25) is 0 Å². The molecule has 0 aromatic carbocycles. The minimum atomic E-state index is -4.19. The van der Waals surface area contributed by atoms with Crippen LogP contribution in [0.15, 0.2) is 6.07 Å². The summed E-state index contributed by atoms with van der Waals surface area (Å²) in [6, 6.07) is 0.891. The average molecular weight is 290 g/mol. The normalized spacial score (nSPS) is 13.4. The molecule has 0 aliphatic rings. The second kappa shape index (κ2) is 6.76. The zero-order valence-electron chi connectivity index (χ0n) is 12.2. The van der Waals surface area contributed by atoms with E-state index in [-0.39, 0.29) is 5.92 Å². The first-order chi connectivity index (χ1) is 9.21. The Hall–Kier alpha value is -1.53. The number of anilines is 2. The Balaban J connectivity index is 2.87. The highest BCUT2D eigenvalue weighted by Gasteiger charge is 2.30. The summed E-state index contributed by atoms with van der Waals surface area (Å²) in [6.07, 6.45) is -5.09. The molecule has 7 heteroatoms. The van der Waals surface area contributed by atoms with Crippen molar-refractivity contribution < 1.29 is 13.2 Å². The standard InChI is InChI=1S/C13H21F3N4/c1-5-17-10-6-11(20-12(19-10)8(2)3)18-9(4)7-13(14,15)16/h6,8-9H,5,7H2,1-4H3,(H2,17,18,19,20). The number of alkyl halides is 3. The Labute approximate surface area is 117 Å². The number of rotatable bonds is 6. The smallest absolute Gasteiger partial charge is 0.370 e. The van der Waals surface area contributed by atoms with Crippen LogP contribution in [-0.2, 0) is 0 Å². The maximum absolute atomic E-state index is 12.3. The third kappa shape index (κ3) is 5.63. The molecule has 0 aliphatic heterocycles. The van der Waals surface area contributed by atoms with Gasteiger partial charge in [-0.3, -0.25) is 0 Å². The molecule has 1 heterocycles. The Kier molecular flexibility index (Phi) is 5.59. The number of aromatic nitrogens is 2. The van der Waals surface area contributed by atoms with Crippen LogP contribution < -0.4 is 10.6 Å². The molecule has 0 amide bonds. The van der Waals surface area contributed by atoms with Crippen molar-refractivity contribution in [1.82, 2.24) is 9.97 Å². The topological polar surface area (TPSA) is 49.8 Å². The molecule has 2 N–H and O–H groups in total. The van der Waals surface area contributed by atoms with Crippen molar-refractivity contribution in [3.05, 3.63) is 11.9 Å². The monoisotopic (exact) mass is 290 g/mol. The summed E-state index contributed by atoms with van der Waals surface area (Å²) in [5.74, 6) is 1.74. The van der Waals surface area contributed by atoms with Crippen molar-refractivity contribution in [3.63, 3.8) is 0 Å². The molecule has 0 fully saturated rings. The molecule has 0 saturated carbocycles. The van der Waals surface area contributed by atoms with Crippen LogP contribution in [0.25, 0.3) is 0 Å². The maximum atomic E-state index is 12.3. The molecule has 0 radical (unpaired) electrons. The molecule has 1 atom stereocenters. The molecule has 0 saturated heterocycles. The van der Waals surface area contributed by atoms with E-state index in [9.17, 15) is 13.2 Å². The molecule has 0 aliphatic carbocycles. The molecule has 4 nitrogen and oxygen atoms in total. The fourth-order valence-corrected chi connectivity index (χ4v) is 1.72. The van der Waals surface area contributed by atoms with E-state index < -0.39 is 18.6 Å². The van der Waals surface area contributed by atoms with Gasteiger partial charge < -0.3 is 10.6 Å². The van der Waals surface area contributed by atoms with Gasteiger partial charge in [-0.2, -0.15) is 13.2 Å². The summed E-state index contributed by atoms with van der Waals surface area (Å²) >= 11 is 0. The first kappa shape index (κ1) is 16.5. The molecule has 20 heavy (non-hydrogen) atoms. The van der Waals surface area contributed by atoms with E-state index in [2.05, 4.69) is 20.6 Å². The molecule has 0 bridgehead atoms. The summed E-state index contributed by atoms with van der Waals surface area (Å²) in [6.45, 7) is 7.97. The second-order valence-corrected chi connectivity index (χ2v) is 5.05. The molecule has 1 unspecified atom stereocenters. The van der Waals surface area contributed by atoms with E-state index in [1.807, 2.05) is 20.8 Å². The number of hydrogen-bond donors (Lipinski definition) is 2. The first-order valence-electron chi connectivity index (χ1n) is 6.67. The molecular weight excluding hydrogens is 269 g/mol. The molecule has 114 valence electrons. The second-order valence-electron chi connectivity index (χ2n) is 5.05. The van der Waals surface area contributed by atoms with Crippen molar-refractivity contribution in [2.24, 2.45) is 0 Å². The minimum absolute atomic E-state index is 0.104. The third-order valence-electron chi connectivity index (χ3n) is 2.55. The van der Waals surface area contributed by atoms with Crippen LogP contribution in [0.4, 0.5) is 24.8 Å². The van der Waals surface area contributed by atoms with Crippen LogP contribution in [0.1, 0.15) is 45.9 Å². The quantitative estimate of drug-likeness (QED) is 0.837. The highest BCUT2D eigenvalue weighted by Crippen LogP contribution is 2.24. The molecule has 1 aromatic heterocycles. The van der Waals surface area contributed by atoms with Crippen molar-refractivity contribution in [3.8, 4) is 0 Å². The number of nitrogens with zero attached hydrogens (tertiary/aromatic N) is 2. The molecule has 1 rings (SSSR count). The lowest BCUT2D eigenvalue weighted by atomic mass is 10.2. The van der Waals surface area contributed by atoms with E-state index in [0.29, 0.717) is 24.0 Å². The zero-order valence-corrected chi connectivity index (χ0v) is 12.2. The van der Waals surface area contributed by atoms with Gasteiger partial charge in [0, 0.05) is 24.6 Å². The van der Waals surface area contributed by atoms with Crippen LogP contribution in [0, 0.1) is 0 Å². The summed E-state index contributed by atoms with van der Waals surface area (Å²) in [5, 5.41) is 5.83. The van der Waals surface area contributed by atoms with Gasteiger partial charge in [-0.15, -0.1) is 0 Å². The van der Waals surface area contributed by atoms with Gasteiger partial charge in [-0.25, -0.2) is 9.97 Å². The van der Waals surface area contributed by atoms with E-state index in [1.54, 1.807) is 6.07 Å². The van der Waals surface area contributed by atoms with Gasteiger partial charge >= 0.3 is 6.18 Å². The lowest BCUT2D eigenvalue weighted by Gasteiger charge is -2.18. The Bertz CT molecular complexity index is 432. The third-order valence-corrected chi connectivity index (χ3v) is 2.55. The predicted octanol–water partition coefficient (Wildman–Crippen LogP) is 3.78. The highest BCUT2D eigenvalue weighted by atomic mass is 19.4. The van der Waals surface area contributed by atoms with Gasteiger partial charge in [0.1, 0.15) is 17.5 Å². The summed E-state index contributed by atoms with van der Waals surface area (Å²) < 4.78 is 37.0. The van der Waals surface area contributed by atoms with Crippen LogP contribution in [0.3, 0.4) is 0 Å². The Morgan fingerprint density at radius 3 is 2.25 bits per heavy atom. The van der Waals surface area contributed by atoms with E-state index >= 15 is 0 Å². The Morgan fingerprint density at radius 2 is 1.75 bits per heavy atom. The largest absolute Gasteiger partial charge is 0.391 e. The van der Waals surface area contributed by atoms with Gasteiger partial charge in [-0.1, -0.05) is 13.8 Å². The summed E-state index contributed by atoms with van der Waals surface area (Å²) in [4.78, 5) is 8.58. The average Bonchev–Trinajstić information content (AvgIpc) is 2.26. The lowest BCUT2D eigenvalue weighted by molar-refractivity contribution is -0.136. The van der Waals surface area contributed by atoms with Crippen LogP contribution >= 0.6 is 0 Å². The van der Waals surface area contributed by atoms with Crippen LogP contribution in [-0.4, -0.2) is 28.7 Å². The van der Waals surface area contributed by atoms with Gasteiger partial charge in [-0.05, 0) is 13.8 Å². The van der Waals surface area contributed by atoms with Crippen molar-refractivity contribution in [2.45, 2.75) is 52.3 Å². The highest BCUT2D eigenvalue weighted by molar-refractivity contribution is 5.48. The van der Waals surface area contributed by atoms with Crippen LogP contribution in [0.5, 0.6) is 0 Å². The van der Waals surface area contributed by atoms with E-state index in [1.165, 1.54) is 6.92 Å². The fraction of sp³-hybridized carbons (Fsp3) is 0.692. The first-order valence-corrected chi connectivity index (χ1v) is 6.67. The number of hydrogen-bond acceptors (Lipinski definition) is 4. The SMILES string of the molecule is CCNc1cc(NC(C)CC(F)(F)F)nc(C(C)C)n1. The van der Waals surface area contributed by atoms with Gasteiger partial charge in [0.05, 0.1) is 6.42 Å². The van der Waals surface area contributed by atoms with Gasteiger partial charge in [0.15, 0.2) is 0 Å². The van der Waals surface area contributed by atoms with E-state index in [0.717, 1.165) is 0 Å². The van der Waals surface area contributed by atoms with Crippen LogP contribution in [0.2, 0.25) is 0 Å². The summed E-state index contributed by atoms with van der Waals surface area (Å²) in [5.41, 5.74) is 0. The van der Waals surface area contributed by atoms with E-state index in [4.69, 9.17) is 0 Å². The number of nitrogens with one attached hydrogen (secondary N) is 2.